The fraction of sp³-hybridized carbons (Fsp3) is 0.182. The second kappa shape index (κ2) is 5.17. The van der Waals surface area contributed by atoms with Crippen LogP contribution < -0.4 is 10.6 Å². The molecule has 0 radical (unpaired) electrons. The van der Waals surface area contributed by atoms with Gasteiger partial charge < -0.3 is 20.3 Å². The van der Waals surface area contributed by atoms with Crippen LogP contribution in [0.25, 0.3) is 0 Å². The van der Waals surface area contributed by atoms with Crippen LogP contribution in [0.5, 0.6) is 5.75 Å². The van der Waals surface area contributed by atoms with Crippen LogP contribution in [0.1, 0.15) is 16.5 Å². The number of rotatable bonds is 4. The van der Waals surface area contributed by atoms with Crippen LogP contribution in [0.3, 0.4) is 0 Å². The number of aromatic hydroxyl groups is 1. The molecule has 0 unspecified atom stereocenters. The molecule has 7 nitrogen and oxygen atoms in total. The molecule has 94 valence electrons. The van der Waals surface area contributed by atoms with E-state index in [1.165, 1.54) is 7.05 Å². The van der Waals surface area contributed by atoms with E-state index < -0.39 is 5.91 Å². The Hall–Kier alpha value is -2.57. The Morgan fingerprint density at radius 2 is 2.11 bits per heavy atom. The molecule has 0 atom stereocenters. The summed E-state index contributed by atoms with van der Waals surface area (Å²) in [7, 11) is 1.49. The molecule has 1 heterocycles. The second-order valence-electron chi connectivity index (χ2n) is 3.49. The lowest BCUT2D eigenvalue weighted by atomic mass is 10.3. The summed E-state index contributed by atoms with van der Waals surface area (Å²) < 4.78 is 4.90. The minimum Gasteiger partial charge on any atom is -0.508 e. The van der Waals surface area contributed by atoms with Crippen molar-refractivity contribution in [3.8, 4) is 5.75 Å². The summed E-state index contributed by atoms with van der Waals surface area (Å²) >= 11 is 0. The standard InChI is InChI=1S/C11H12N4O3/c1-12-11(17)10-14-9(18-15-10)6-13-7-2-4-8(16)5-3-7/h2-5,13,16H,6H2,1H3,(H,12,17). The Morgan fingerprint density at radius 1 is 1.39 bits per heavy atom. The Balaban J connectivity index is 1.96. The molecule has 0 fully saturated rings. The van der Waals surface area contributed by atoms with E-state index in [0.717, 1.165) is 5.69 Å². The molecule has 1 aromatic heterocycles. The van der Waals surface area contributed by atoms with E-state index in [4.69, 9.17) is 9.63 Å². The SMILES string of the molecule is CNC(=O)c1noc(CNc2ccc(O)cc2)n1. The third-order valence-corrected chi connectivity index (χ3v) is 2.21. The number of aromatic nitrogens is 2. The fourth-order valence-corrected chi connectivity index (χ4v) is 1.29. The highest BCUT2D eigenvalue weighted by molar-refractivity contribution is 5.89. The Labute approximate surface area is 103 Å². The fourth-order valence-electron chi connectivity index (χ4n) is 1.29. The van der Waals surface area contributed by atoms with Crippen LogP contribution in [0, 0.1) is 0 Å². The van der Waals surface area contributed by atoms with Crippen LogP contribution in [-0.2, 0) is 6.54 Å². The predicted molar refractivity (Wildman–Crippen MR) is 63.1 cm³/mol. The third kappa shape index (κ3) is 2.76. The first-order valence-corrected chi connectivity index (χ1v) is 5.26. The predicted octanol–water partition coefficient (Wildman–Crippen LogP) is 0.747. The van der Waals surface area contributed by atoms with Gasteiger partial charge in [0.1, 0.15) is 5.75 Å². The topological polar surface area (TPSA) is 100 Å². The van der Waals surface area contributed by atoms with Crippen LogP contribution >= 0.6 is 0 Å². The van der Waals surface area contributed by atoms with Crippen molar-refractivity contribution in [2.75, 3.05) is 12.4 Å². The number of amides is 1. The molecule has 0 aliphatic rings. The van der Waals surface area contributed by atoms with Gasteiger partial charge in [0.05, 0.1) is 6.54 Å². The lowest BCUT2D eigenvalue weighted by Crippen LogP contribution is -2.19. The quantitative estimate of drug-likeness (QED) is 0.690. The lowest BCUT2D eigenvalue weighted by Gasteiger charge is -2.02. The van der Waals surface area contributed by atoms with Gasteiger partial charge in [-0.05, 0) is 24.3 Å². The van der Waals surface area contributed by atoms with E-state index in [0.29, 0.717) is 12.4 Å². The zero-order valence-corrected chi connectivity index (χ0v) is 9.67. The summed E-state index contributed by atoms with van der Waals surface area (Å²) in [5, 5.41) is 18.1. The van der Waals surface area contributed by atoms with Gasteiger partial charge in [0.15, 0.2) is 0 Å². The molecule has 7 heteroatoms. The number of hydrogen-bond acceptors (Lipinski definition) is 6. The molecule has 1 aromatic carbocycles. The van der Waals surface area contributed by atoms with Gasteiger partial charge in [-0.15, -0.1) is 0 Å². The zero-order valence-electron chi connectivity index (χ0n) is 9.67. The average molecular weight is 248 g/mol. The molecule has 2 aromatic rings. The van der Waals surface area contributed by atoms with Crippen molar-refractivity contribution >= 4 is 11.6 Å². The molecule has 1 amide bonds. The largest absolute Gasteiger partial charge is 0.508 e. The monoisotopic (exact) mass is 248 g/mol. The van der Waals surface area contributed by atoms with Gasteiger partial charge in [0.25, 0.3) is 11.7 Å². The summed E-state index contributed by atoms with van der Waals surface area (Å²) in [6, 6.07) is 6.55. The minimum atomic E-state index is -0.394. The highest BCUT2D eigenvalue weighted by atomic mass is 16.5. The molecule has 0 aliphatic heterocycles. The maximum absolute atomic E-state index is 11.2. The first-order chi connectivity index (χ1) is 8.69. The summed E-state index contributed by atoms with van der Waals surface area (Å²) in [6.07, 6.45) is 0. The van der Waals surface area contributed by atoms with Gasteiger partial charge in [-0.25, -0.2) is 0 Å². The normalized spacial score (nSPS) is 10.1. The Bertz CT molecular complexity index is 535. The van der Waals surface area contributed by atoms with E-state index in [1.807, 2.05) is 0 Å². The van der Waals surface area contributed by atoms with E-state index in [2.05, 4.69) is 20.8 Å². The third-order valence-electron chi connectivity index (χ3n) is 2.21. The van der Waals surface area contributed by atoms with Gasteiger partial charge in [-0.3, -0.25) is 4.79 Å². The Morgan fingerprint density at radius 3 is 2.78 bits per heavy atom. The molecule has 0 saturated carbocycles. The van der Waals surface area contributed by atoms with Gasteiger partial charge in [-0.1, -0.05) is 5.16 Å². The Kier molecular flexibility index (Phi) is 3.42. The number of hydrogen-bond donors (Lipinski definition) is 3. The van der Waals surface area contributed by atoms with Crippen LogP contribution in [0.15, 0.2) is 28.8 Å². The number of nitrogens with zero attached hydrogens (tertiary/aromatic N) is 2. The summed E-state index contributed by atoms with van der Waals surface area (Å²) in [5.74, 6) is 0.108. The van der Waals surface area contributed by atoms with Crippen LogP contribution in [0.2, 0.25) is 0 Å². The highest BCUT2D eigenvalue weighted by Crippen LogP contribution is 2.14. The smallest absolute Gasteiger partial charge is 0.292 e. The van der Waals surface area contributed by atoms with E-state index in [-0.39, 0.29) is 11.6 Å². The number of phenols is 1. The van der Waals surface area contributed by atoms with Crippen molar-refractivity contribution in [3.05, 3.63) is 36.0 Å². The lowest BCUT2D eigenvalue weighted by molar-refractivity contribution is 0.0950. The first-order valence-electron chi connectivity index (χ1n) is 5.26. The van der Waals surface area contributed by atoms with Crippen LogP contribution in [0.4, 0.5) is 5.69 Å². The molecule has 0 aliphatic carbocycles. The number of nitrogens with one attached hydrogen (secondary N) is 2. The summed E-state index contributed by atoms with van der Waals surface area (Å²) in [6.45, 7) is 0.300. The van der Waals surface area contributed by atoms with Gasteiger partial charge >= 0.3 is 0 Å². The average Bonchev–Trinajstić information content (AvgIpc) is 2.86. The highest BCUT2D eigenvalue weighted by Gasteiger charge is 2.12. The molecule has 2 rings (SSSR count). The number of phenolic OH excluding ortho intramolecular Hbond substituents is 1. The summed E-state index contributed by atoms with van der Waals surface area (Å²) in [4.78, 5) is 15.1. The zero-order chi connectivity index (χ0) is 13.0. The van der Waals surface area contributed by atoms with Crippen LogP contribution in [-0.4, -0.2) is 28.2 Å². The minimum absolute atomic E-state index is 0.00000567. The van der Waals surface area contributed by atoms with Crippen molar-refractivity contribution in [2.45, 2.75) is 6.54 Å². The molecule has 0 saturated heterocycles. The van der Waals surface area contributed by atoms with E-state index in [1.54, 1.807) is 24.3 Å². The molecular weight excluding hydrogens is 236 g/mol. The number of benzene rings is 1. The number of carbonyl (C=O) groups excluding carboxylic acids is 1. The van der Waals surface area contributed by atoms with Gasteiger partial charge in [0.2, 0.25) is 5.89 Å². The molecule has 0 bridgehead atoms. The van der Waals surface area contributed by atoms with Crippen molar-refractivity contribution in [2.24, 2.45) is 0 Å². The maximum Gasteiger partial charge on any atom is 0.292 e. The second-order valence-corrected chi connectivity index (χ2v) is 3.49. The van der Waals surface area contributed by atoms with Crippen molar-refractivity contribution < 1.29 is 14.4 Å². The summed E-state index contributed by atoms with van der Waals surface area (Å²) in [5.41, 5.74) is 0.799. The van der Waals surface area contributed by atoms with E-state index in [9.17, 15) is 4.79 Å². The molecule has 0 spiro atoms. The molecule has 3 N–H and O–H groups in total. The van der Waals surface area contributed by atoms with Gasteiger partial charge in [0, 0.05) is 12.7 Å². The molecule has 18 heavy (non-hydrogen) atoms. The maximum atomic E-state index is 11.2. The number of anilines is 1. The van der Waals surface area contributed by atoms with Crippen molar-refractivity contribution in [3.63, 3.8) is 0 Å². The van der Waals surface area contributed by atoms with Crippen molar-refractivity contribution in [1.29, 1.82) is 0 Å². The van der Waals surface area contributed by atoms with Gasteiger partial charge in [-0.2, -0.15) is 4.98 Å². The first kappa shape index (κ1) is 11.9. The van der Waals surface area contributed by atoms with Crippen molar-refractivity contribution in [1.82, 2.24) is 15.5 Å². The van der Waals surface area contributed by atoms with E-state index >= 15 is 0 Å². The number of carbonyl (C=O) groups is 1. The molecular formula is C11H12N4O3.